The summed E-state index contributed by atoms with van der Waals surface area (Å²) in [5.74, 6) is 0.910. The smallest absolute Gasteiger partial charge is 0.0540 e. The fourth-order valence-corrected chi connectivity index (χ4v) is 2.55. The average molecular weight is 210 g/mol. The summed E-state index contributed by atoms with van der Waals surface area (Å²) in [6.07, 6.45) is 14.3. The molecule has 0 bridgehead atoms. The molecular weight excluding hydrogens is 184 g/mol. The SMILES string of the molecule is C=CCCCC(O)CCC1CCCCC1. The lowest BCUT2D eigenvalue weighted by atomic mass is 9.85. The monoisotopic (exact) mass is 210 g/mol. The van der Waals surface area contributed by atoms with Crippen molar-refractivity contribution in [3.8, 4) is 0 Å². The van der Waals surface area contributed by atoms with Crippen LogP contribution in [0, 0.1) is 5.92 Å². The van der Waals surface area contributed by atoms with Crippen LogP contribution in [-0.2, 0) is 0 Å². The first-order valence-corrected chi connectivity index (χ1v) is 6.62. The Hall–Kier alpha value is -0.300. The molecule has 0 amide bonds. The number of aliphatic hydroxyl groups excluding tert-OH is 1. The number of allylic oxidation sites excluding steroid dienone is 1. The van der Waals surface area contributed by atoms with E-state index in [-0.39, 0.29) is 6.10 Å². The molecule has 0 heterocycles. The van der Waals surface area contributed by atoms with Gasteiger partial charge in [-0.3, -0.25) is 0 Å². The van der Waals surface area contributed by atoms with Gasteiger partial charge in [-0.15, -0.1) is 6.58 Å². The Morgan fingerprint density at radius 1 is 1.20 bits per heavy atom. The van der Waals surface area contributed by atoms with Gasteiger partial charge in [-0.25, -0.2) is 0 Å². The number of unbranched alkanes of at least 4 members (excludes halogenated alkanes) is 1. The van der Waals surface area contributed by atoms with Crippen LogP contribution in [0.1, 0.15) is 64.2 Å². The summed E-state index contributed by atoms with van der Waals surface area (Å²) < 4.78 is 0. The summed E-state index contributed by atoms with van der Waals surface area (Å²) in [5.41, 5.74) is 0. The van der Waals surface area contributed by atoms with E-state index in [2.05, 4.69) is 6.58 Å². The summed E-state index contributed by atoms with van der Waals surface area (Å²) in [6.45, 7) is 3.70. The molecule has 15 heavy (non-hydrogen) atoms. The second-order valence-electron chi connectivity index (χ2n) is 4.95. The topological polar surface area (TPSA) is 20.2 Å². The van der Waals surface area contributed by atoms with Crippen LogP contribution < -0.4 is 0 Å². The maximum absolute atomic E-state index is 9.77. The molecule has 1 saturated carbocycles. The van der Waals surface area contributed by atoms with Gasteiger partial charge < -0.3 is 5.11 Å². The Balaban J connectivity index is 1.99. The van der Waals surface area contributed by atoms with Crippen molar-refractivity contribution in [2.24, 2.45) is 5.92 Å². The first-order valence-electron chi connectivity index (χ1n) is 6.62. The molecule has 1 aliphatic rings. The van der Waals surface area contributed by atoms with Crippen molar-refractivity contribution in [2.75, 3.05) is 0 Å². The van der Waals surface area contributed by atoms with Gasteiger partial charge in [-0.1, -0.05) is 38.2 Å². The molecule has 1 fully saturated rings. The number of rotatable bonds is 7. The van der Waals surface area contributed by atoms with Crippen molar-refractivity contribution in [1.82, 2.24) is 0 Å². The molecule has 0 saturated heterocycles. The van der Waals surface area contributed by atoms with Crippen LogP contribution in [0.2, 0.25) is 0 Å². The molecule has 1 heteroatoms. The first kappa shape index (κ1) is 12.8. The molecule has 1 nitrogen and oxygen atoms in total. The third-order valence-corrected chi connectivity index (χ3v) is 3.58. The predicted octanol–water partition coefficient (Wildman–Crippen LogP) is 4.06. The Labute approximate surface area is 94.6 Å². The molecule has 1 unspecified atom stereocenters. The van der Waals surface area contributed by atoms with E-state index < -0.39 is 0 Å². The lowest BCUT2D eigenvalue weighted by Gasteiger charge is -2.22. The fourth-order valence-electron chi connectivity index (χ4n) is 2.55. The molecule has 0 spiro atoms. The van der Waals surface area contributed by atoms with E-state index in [9.17, 15) is 5.11 Å². The van der Waals surface area contributed by atoms with Gasteiger partial charge in [0.15, 0.2) is 0 Å². The zero-order chi connectivity index (χ0) is 10.9. The molecule has 1 atom stereocenters. The maximum atomic E-state index is 9.77. The minimum absolute atomic E-state index is 0.0631. The third kappa shape index (κ3) is 5.99. The highest BCUT2D eigenvalue weighted by Gasteiger charge is 2.14. The molecule has 0 radical (unpaired) electrons. The molecule has 0 aromatic rings. The van der Waals surface area contributed by atoms with Crippen molar-refractivity contribution in [3.63, 3.8) is 0 Å². The molecule has 0 aromatic carbocycles. The van der Waals surface area contributed by atoms with Crippen LogP contribution >= 0.6 is 0 Å². The molecule has 1 rings (SSSR count). The van der Waals surface area contributed by atoms with Crippen LogP contribution in [0.5, 0.6) is 0 Å². The Morgan fingerprint density at radius 3 is 2.60 bits per heavy atom. The highest BCUT2D eigenvalue weighted by Crippen LogP contribution is 2.28. The van der Waals surface area contributed by atoms with E-state index in [1.807, 2.05) is 6.08 Å². The largest absolute Gasteiger partial charge is 0.393 e. The van der Waals surface area contributed by atoms with Gasteiger partial charge in [-0.2, -0.15) is 0 Å². The summed E-state index contributed by atoms with van der Waals surface area (Å²) in [5, 5.41) is 9.77. The Bertz CT molecular complexity index is 159. The lowest BCUT2D eigenvalue weighted by molar-refractivity contribution is 0.138. The van der Waals surface area contributed by atoms with Crippen LogP contribution in [0.15, 0.2) is 12.7 Å². The van der Waals surface area contributed by atoms with Crippen molar-refractivity contribution >= 4 is 0 Å². The van der Waals surface area contributed by atoms with Crippen LogP contribution in [0.25, 0.3) is 0 Å². The number of hydrogen-bond donors (Lipinski definition) is 1. The zero-order valence-electron chi connectivity index (χ0n) is 9.96. The molecule has 1 N–H and O–H groups in total. The molecule has 0 aliphatic heterocycles. The summed E-state index contributed by atoms with van der Waals surface area (Å²) in [7, 11) is 0. The normalized spacial score (nSPS) is 20.1. The third-order valence-electron chi connectivity index (χ3n) is 3.58. The van der Waals surface area contributed by atoms with Gasteiger partial charge in [0.25, 0.3) is 0 Å². The Morgan fingerprint density at radius 2 is 1.93 bits per heavy atom. The van der Waals surface area contributed by atoms with E-state index in [1.54, 1.807) is 0 Å². The molecular formula is C14H26O. The molecule has 88 valence electrons. The molecule has 0 aromatic heterocycles. The predicted molar refractivity (Wildman–Crippen MR) is 65.9 cm³/mol. The summed E-state index contributed by atoms with van der Waals surface area (Å²) in [6, 6.07) is 0. The highest BCUT2D eigenvalue weighted by atomic mass is 16.3. The average Bonchev–Trinajstić information content (AvgIpc) is 2.28. The van der Waals surface area contributed by atoms with E-state index in [4.69, 9.17) is 0 Å². The van der Waals surface area contributed by atoms with Gasteiger partial charge in [0.05, 0.1) is 6.10 Å². The minimum atomic E-state index is -0.0631. The fraction of sp³-hybridized carbons (Fsp3) is 0.857. The van der Waals surface area contributed by atoms with Gasteiger partial charge in [0.1, 0.15) is 0 Å². The maximum Gasteiger partial charge on any atom is 0.0540 e. The summed E-state index contributed by atoms with van der Waals surface area (Å²) >= 11 is 0. The minimum Gasteiger partial charge on any atom is -0.393 e. The second-order valence-corrected chi connectivity index (χ2v) is 4.95. The van der Waals surface area contributed by atoms with Gasteiger partial charge >= 0.3 is 0 Å². The van der Waals surface area contributed by atoms with Crippen LogP contribution in [-0.4, -0.2) is 11.2 Å². The zero-order valence-corrected chi connectivity index (χ0v) is 9.96. The van der Waals surface area contributed by atoms with Gasteiger partial charge in [0, 0.05) is 0 Å². The number of aliphatic hydroxyl groups is 1. The lowest BCUT2D eigenvalue weighted by Crippen LogP contribution is -2.12. The van der Waals surface area contributed by atoms with Crippen molar-refractivity contribution in [3.05, 3.63) is 12.7 Å². The van der Waals surface area contributed by atoms with E-state index >= 15 is 0 Å². The van der Waals surface area contributed by atoms with E-state index in [0.29, 0.717) is 0 Å². The summed E-state index contributed by atoms with van der Waals surface area (Å²) in [4.78, 5) is 0. The second kappa shape index (κ2) is 7.92. The van der Waals surface area contributed by atoms with Crippen LogP contribution in [0.3, 0.4) is 0 Å². The Kier molecular flexibility index (Phi) is 6.74. The highest BCUT2D eigenvalue weighted by molar-refractivity contribution is 4.70. The van der Waals surface area contributed by atoms with Crippen molar-refractivity contribution in [2.45, 2.75) is 70.3 Å². The number of hydrogen-bond acceptors (Lipinski definition) is 1. The van der Waals surface area contributed by atoms with Crippen molar-refractivity contribution < 1.29 is 5.11 Å². The van der Waals surface area contributed by atoms with E-state index in [1.165, 1.54) is 38.5 Å². The van der Waals surface area contributed by atoms with E-state index in [0.717, 1.165) is 31.6 Å². The van der Waals surface area contributed by atoms with Crippen molar-refractivity contribution in [1.29, 1.82) is 0 Å². The van der Waals surface area contributed by atoms with Gasteiger partial charge in [0.2, 0.25) is 0 Å². The van der Waals surface area contributed by atoms with Gasteiger partial charge in [-0.05, 0) is 38.0 Å². The first-order chi connectivity index (χ1) is 7.33. The molecule has 1 aliphatic carbocycles. The quantitative estimate of drug-likeness (QED) is 0.496. The standard InChI is InChI=1S/C14H26O/c1-2-3-5-10-14(15)12-11-13-8-6-4-7-9-13/h2,13-15H,1,3-12H2. The van der Waals surface area contributed by atoms with Crippen LogP contribution in [0.4, 0.5) is 0 Å².